The normalized spacial score (nSPS) is 17.3. The van der Waals surface area contributed by atoms with Gasteiger partial charge in [-0.15, -0.1) is 11.3 Å². The second-order valence-corrected chi connectivity index (χ2v) is 27.2. The molecular weight excluding hydrogens is 852 g/mol. The molecule has 0 radical (unpaired) electrons. The predicted molar refractivity (Wildman–Crippen MR) is 302 cm³/mol. The highest BCUT2D eigenvalue weighted by Crippen LogP contribution is 2.59. The van der Waals surface area contributed by atoms with Crippen molar-refractivity contribution < 1.29 is 0 Å². The molecule has 3 heterocycles. The zero-order valence-electron chi connectivity index (χ0n) is 43.8. The third-order valence-electron chi connectivity index (χ3n) is 17.2. The van der Waals surface area contributed by atoms with E-state index in [2.05, 4.69) is 235 Å². The van der Waals surface area contributed by atoms with Crippen molar-refractivity contribution in [3.05, 3.63) is 160 Å². The van der Waals surface area contributed by atoms with Crippen molar-refractivity contribution in [2.24, 2.45) is 0 Å². The van der Waals surface area contributed by atoms with Crippen LogP contribution < -0.4 is 20.6 Å². The summed E-state index contributed by atoms with van der Waals surface area (Å²) in [5.41, 5.74) is 24.5. The molecule has 348 valence electrons. The fourth-order valence-electron chi connectivity index (χ4n) is 12.9. The molecule has 12 rings (SSSR count). The van der Waals surface area contributed by atoms with Gasteiger partial charge in [0.15, 0.2) is 0 Å². The molecule has 0 saturated carbocycles. The summed E-state index contributed by atoms with van der Waals surface area (Å²) in [4.78, 5) is 5.38. The summed E-state index contributed by atoms with van der Waals surface area (Å²) >= 11 is 1.99. The Hall–Kier alpha value is -5.58. The number of hydrogen-bond donors (Lipinski definition) is 0. The van der Waals surface area contributed by atoms with Crippen LogP contribution in [0.1, 0.15) is 156 Å². The topological polar surface area (TPSA) is 6.48 Å². The second kappa shape index (κ2) is 14.3. The predicted octanol–water partition coefficient (Wildman–Crippen LogP) is 17.3. The Kier molecular flexibility index (Phi) is 9.24. The quantitative estimate of drug-likeness (QED) is 0.159. The van der Waals surface area contributed by atoms with Crippen LogP contribution in [0.2, 0.25) is 0 Å². The summed E-state index contributed by atoms with van der Waals surface area (Å²) in [6, 6.07) is 48.8. The highest BCUT2D eigenvalue weighted by Gasteiger charge is 2.50. The molecule has 0 atom stereocenters. The van der Waals surface area contributed by atoms with Crippen molar-refractivity contribution >= 4 is 77.7 Å². The maximum Gasteiger partial charge on any atom is 0.333 e. The van der Waals surface area contributed by atoms with Crippen molar-refractivity contribution in [2.45, 2.75) is 149 Å². The fourth-order valence-corrected chi connectivity index (χ4v) is 14.0. The van der Waals surface area contributed by atoms with Crippen LogP contribution in [-0.2, 0) is 32.5 Å². The lowest BCUT2D eigenvalue weighted by Crippen LogP contribution is -2.62. The van der Waals surface area contributed by atoms with Gasteiger partial charge in [0.25, 0.3) is 0 Å². The third kappa shape index (κ3) is 6.49. The van der Waals surface area contributed by atoms with Gasteiger partial charge in [0.05, 0.1) is 0 Å². The third-order valence-corrected chi connectivity index (χ3v) is 18.3. The highest BCUT2D eigenvalue weighted by atomic mass is 32.1. The van der Waals surface area contributed by atoms with Gasteiger partial charge in [-0.3, -0.25) is 0 Å². The molecular formula is C65H69BN2S. The Labute approximate surface area is 416 Å². The Balaban J connectivity index is 1.25. The lowest BCUT2D eigenvalue weighted by Gasteiger charge is -2.47. The summed E-state index contributed by atoms with van der Waals surface area (Å²) in [6.07, 6.45) is 2.41. The van der Waals surface area contributed by atoms with Crippen molar-refractivity contribution in [1.82, 2.24) is 0 Å². The molecule has 1 aromatic heterocycles. The van der Waals surface area contributed by atoms with Crippen LogP contribution in [0, 0.1) is 0 Å². The second-order valence-electron chi connectivity index (χ2n) is 26.1. The minimum Gasteiger partial charge on any atom is -0.376 e. The van der Waals surface area contributed by atoms with Gasteiger partial charge in [-0.25, -0.2) is 0 Å². The maximum absolute atomic E-state index is 2.76. The largest absolute Gasteiger partial charge is 0.376 e. The van der Waals surface area contributed by atoms with Crippen LogP contribution in [0.4, 0.5) is 28.4 Å². The summed E-state index contributed by atoms with van der Waals surface area (Å²) < 4.78 is 2.76. The Morgan fingerprint density at radius 2 is 1.03 bits per heavy atom. The van der Waals surface area contributed by atoms with E-state index in [1.54, 1.807) is 0 Å². The molecule has 0 fully saturated rings. The van der Waals surface area contributed by atoms with Gasteiger partial charge in [0.2, 0.25) is 0 Å². The zero-order valence-corrected chi connectivity index (χ0v) is 44.7. The molecule has 0 spiro atoms. The van der Waals surface area contributed by atoms with Crippen molar-refractivity contribution in [2.75, 3.05) is 9.71 Å². The summed E-state index contributed by atoms with van der Waals surface area (Å²) in [5, 5.41) is 2.76. The lowest BCUT2D eigenvalue weighted by molar-refractivity contribution is 0.332. The number of thiophene rings is 1. The maximum atomic E-state index is 2.76. The average Bonchev–Trinajstić information content (AvgIpc) is 3.76. The molecule has 0 N–H and O–H groups in total. The molecule has 7 aromatic carbocycles. The number of hydrogen-bond acceptors (Lipinski definition) is 3. The molecule has 0 unspecified atom stereocenters. The van der Waals surface area contributed by atoms with Crippen LogP contribution in [0.15, 0.2) is 121 Å². The van der Waals surface area contributed by atoms with E-state index in [0.717, 1.165) is 0 Å². The van der Waals surface area contributed by atoms with E-state index in [1.807, 2.05) is 11.3 Å². The molecule has 4 heteroatoms. The first-order valence-electron chi connectivity index (χ1n) is 25.7. The van der Waals surface area contributed by atoms with Crippen LogP contribution in [0.25, 0.3) is 42.4 Å². The van der Waals surface area contributed by atoms with Gasteiger partial charge >= 0.3 is 6.85 Å². The number of fused-ring (bicyclic) bond motifs is 12. The first kappa shape index (κ1) is 44.6. The molecule has 4 aliphatic rings. The molecule has 2 aliphatic heterocycles. The molecule has 0 saturated heterocycles. The average molecular weight is 921 g/mol. The molecule has 69 heavy (non-hydrogen) atoms. The molecule has 2 aliphatic carbocycles. The molecule has 0 bridgehead atoms. The number of anilines is 5. The van der Waals surface area contributed by atoms with Gasteiger partial charge in [0.1, 0.15) is 0 Å². The summed E-state index contributed by atoms with van der Waals surface area (Å²) in [5.74, 6) is 0. The Morgan fingerprint density at radius 1 is 0.478 bits per heavy atom. The van der Waals surface area contributed by atoms with Gasteiger partial charge in [-0.05, 0) is 167 Å². The van der Waals surface area contributed by atoms with E-state index >= 15 is 0 Å². The van der Waals surface area contributed by atoms with Crippen LogP contribution >= 0.6 is 11.3 Å². The van der Waals surface area contributed by atoms with E-state index < -0.39 is 0 Å². The molecule has 0 amide bonds. The number of nitrogens with zero attached hydrogens (tertiary/aromatic N) is 2. The Morgan fingerprint density at radius 3 is 1.65 bits per heavy atom. The van der Waals surface area contributed by atoms with E-state index in [0.29, 0.717) is 0 Å². The minimum atomic E-state index is -0.229. The van der Waals surface area contributed by atoms with Crippen LogP contribution in [0.3, 0.4) is 0 Å². The van der Waals surface area contributed by atoms with E-state index in [1.165, 1.54) is 134 Å². The summed E-state index contributed by atoms with van der Waals surface area (Å²) in [7, 11) is 0. The van der Waals surface area contributed by atoms with Gasteiger partial charge in [-0.2, -0.15) is 0 Å². The van der Waals surface area contributed by atoms with Crippen molar-refractivity contribution in [1.29, 1.82) is 0 Å². The highest BCUT2D eigenvalue weighted by molar-refractivity contribution is 7.25. The Bertz CT molecular complexity index is 3470. The molecule has 2 nitrogen and oxygen atoms in total. The zero-order chi connectivity index (χ0) is 48.7. The first-order valence-corrected chi connectivity index (χ1v) is 26.5. The standard InChI is InChI=1S/C65H69BN2S/c1-60(2,3)38-20-25-41(26-21-38)67-52-29-24-40(62(7,8)9)32-51(52)66-59-54(67)35-46-43-18-16-17-19-48(43)65(14,15)58(46)57(59)47-36-55-45(34-53(47)68(66)42-27-22-39(23-28-42)61(4,5)6)44-33-49-50(37-56(44)69-55)64(12,13)31-30-63(49,10)11/h16-29,32-37H,30-31H2,1-15H3. The van der Waals surface area contributed by atoms with Crippen LogP contribution in [-0.4, -0.2) is 6.85 Å². The number of benzene rings is 7. The van der Waals surface area contributed by atoms with Gasteiger partial charge in [0, 0.05) is 59.6 Å². The fraction of sp³-hybridized carbons (Fsp3) is 0.354. The van der Waals surface area contributed by atoms with Gasteiger partial charge in [-0.1, -0.05) is 165 Å². The van der Waals surface area contributed by atoms with E-state index in [-0.39, 0.29) is 39.3 Å². The smallest absolute Gasteiger partial charge is 0.333 e. The summed E-state index contributed by atoms with van der Waals surface area (Å²) in [6.45, 7) is 35.8. The minimum absolute atomic E-state index is 0.0323. The molecule has 8 aromatic rings. The van der Waals surface area contributed by atoms with Gasteiger partial charge < -0.3 is 9.71 Å². The van der Waals surface area contributed by atoms with E-state index in [4.69, 9.17) is 0 Å². The monoisotopic (exact) mass is 921 g/mol. The lowest BCUT2D eigenvalue weighted by atomic mass is 9.42. The van der Waals surface area contributed by atoms with Crippen LogP contribution in [0.5, 0.6) is 0 Å². The van der Waals surface area contributed by atoms with Crippen molar-refractivity contribution in [3.63, 3.8) is 0 Å². The first-order chi connectivity index (χ1) is 32.3. The van der Waals surface area contributed by atoms with Crippen molar-refractivity contribution in [3.8, 4) is 22.3 Å². The number of rotatable bonds is 2. The van der Waals surface area contributed by atoms with E-state index in [9.17, 15) is 0 Å². The SMILES string of the molecule is CC(C)(C)c1ccc(N2B3c4cc(C(C)(C)C)ccc4N(c4ccc(C(C)(C)C)cc4)c4cc5c(c(c43)-c3cc4sc6cc7c(cc6c4cc32)C(C)(C)CCC7(C)C)C(C)(C)c2ccccc2-5)cc1.